The number of halogens is 2. The Hall–Kier alpha value is -1.44. The lowest BCUT2D eigenvalue weighted by Gasteiger charge is -2.13. The van der Waals surface area contributed by atoms with E-state index < -0.39 is 0 Å². The molecule has 0 aliphatic carbocycles. The first-order valence-corrected chi connectivity index (χ1v) is 9.03. The van der Waals surface area contributed by atoms with Gasteiger partial charge >= 0.3 is 0 Å². The molecule has 1 N–H and O–H groups in total. The number of ether oxygens (including phenoxy) is 2. The monoisotopic (exact) mass is 455 g/mol. The minimum atomic E-state index is 0.188. The maximum absolute atomic E-state index is 5.80. The first-order chi connectivity index (χ1) is 11.5. The van der Waals surface area contributed by atoms with Gasteiger partial charge in [-0.15, -0.1) is 10.2 Å². The number of aryl methyl sites for hydroxylation is 1. The van der Waals surface area contributed by atoms with Crippen LogP contribution in [0.25, 0.3) is 17.3 Å². The summed E-state index contributed by atoms with van der Waals surface area (Å²) >= 11 is 6.75. The summed E-state index contributed by atoms with van der Waals surface area (Å²) in [5.41, 5.74) is 3.67. The van der Waals surface area contributed by atoms with Crippen LogP contribution in [0, 0.1) is 6.92 Å². The fourth-order valence-electron chi connectivity index (χ4n) is 2.13. The Labute approximate surface area is 158 Å². The second kappa shape index (κ2) is 9.15. The van der Waals surface area contributed by atoms with Gasteiger partial charge < -0.3 is 14.8 Å². The predicted molar refractivity (Wildman–Crippen MR) is 105 cm³/mol. The Kier molecular flexibility index (Phi) is 7.20. The maximum atomic E-state index is 5.80. The van der Waals surface area contributed by atoms with Crippen molar-refractivity contribution < 1.29 is 9.47 Å². The normalized spacial score (nSPS) is 10.4. The van der Waals surface area contributed by atoms with E-state index in [1.165, 1.54) is 0 Å². The predicted octanol–water partition coefficient (Wildman–Crippen LogP) is 4.95. The number of anilines is 1. The average molecular weight is 457 g/mol. The molecular weight excluding hydrogens is 438 g/mol. The van der Waals surface area contributed by atoms with Gasteiger partial charge in [0.05, 0.1) is 9.09 Å². The molecular formula is C17H19Br2N3O2. The highest BCUT2D eigenvalue weighted by Gasteiger charge is 2.13. The molecule has 1 aromatic heterocycles. The molecule has 5 nitrogen and oxygen atoms in total. The van der Waals surface area contributed by atoms with Crippen molar-refractivity contribution >= 4 is 43.8 Å². The molecule has 0 atom stereocenters. The van der Waals surface area contributed by atoms with Crippen molar-refractivity contribution in [1.82, 2.24) is 10.2 Å². The van der Waals surface area contributed by atoms with Gasteiger partial charge in [0, 0.05) is 19.2 Å². The van der Waals surface area contributed by atoms with Crippen molar-refractivity contribution in [3.8, 4) is 17.0 Å². The molecule has 0 aliphatic heterocycles. The van der Waals surface area contributed by atoms with Crippen LogP contribution in [0.5, 0.6) is 5.75 Å². The smallest absolute Gasteiger partial charge is 0.189 e. The highest BCUT2D eigenvalue weighted by molar-refractivity contribution is 9.28. The zero-order valence-electron chi connectivity index (χ0n) is 13.8. The van der Waals surface area contributed by atoms with E-state index in [-0.39, 0.29) is 6.79 Å². The van der Waals surface area contributed by atoms with Crippen molar-refractivity contribution in [1.29, 1.82) is 0 Å². The number of aromatic nitrogens is 2. The molecule has 0 amide bonds. The molecule has 1 heterocycles. The van der Waals surface area contributed by atoms with Crippen molar-refractivity contribution in [3.05, 3.63) is 38.8 Å². The molecule has 0 radical (unpaired) electrons. The van der Waals surface area contributed by atoms with Gasteiger partial charge in [-0.05, 0) is 81.1 Å². The van der Waals surface area contributed by atoms with Gasteiger partial charge in [-0.2, -0.15) is 0 Å². The third-order valence-electron chi connectivity index (χ3n) is 3.28. The summed E-state index contributed by atoms with van der Waals surface area (Å²) in [4.78, 5) is 0. The van der Waals surface area contributed by atoms with Crippen molar-refractivity contribution in [2.75, 3.05) is 25.8 Å². The van der Waals surface area contributed by atoms with Crippen LogP contribution in [0.3, 0.4) is 0 Å². The Bertz CT molecular complexity index is 732. The number of hydrogen-bond acceptors (Lipinski definition) is 5. The number of hydrogen-bond donors (Lipinski definition) is 1. The summed E-state index contributed by atoms with van der Waals surface area (Å²) < 4.78 is 12.0. The van der Waals surface area contributed by atoms with E-state index in [0.29, 0.717) is 12.4 Å². The third-order valence-corrected chi connectivity index (χ3v) is 3.74. The summed E-state index contributed by atoms with van der Waals surface area (Å²) in [6, 6.07) is 7.88. The maximum Gasteiger partial charge on any atom is 0.189 e. The van der Waals surface area contributed by atoms with Crippen molar-refractivity contribution in [2.45, 2.75) is 13.8 Å². The van der Waals surface area contributed by atoms with Gasteiger partial charge in [-0.3, -0.25) is 0 Å². The second-order valence-corrected chi connectivity index (χ2v) is 7.73. The number of nitrogens with one attached hydrogen (secondary N) is 1. The molecule has 0 bridgehead atoms. The van der Waals surface area contributed by atoms with Crippen molar-refractivity contribution in [3.63, 3.8) is 0 Å². The van der Waals surface area contributed by atoms with E-state index in [1.54, 1.807) is 0 Å². The number of rotatable bonds is 7. The topological polar surface area (TPSA) is 56.3 Å². The lowest BCUT2D eigenvalue weighted by molar-refractivity contribution is 0.0227. The highest BCUT2D eigenvalue weighted by atomic mass is 79.9. The van der Waals surface area contributed by atoms with Gasteiger partial charge in [0.25, 0.3) is 0 Å². The molecule has 0 saturated carbocycles. The molecule has 2 aromatic rings. The third kappa shape index (κ3) is 5.03. The molecule has 0 aliphatic rings. The van der Waals surface area contributed by atoms with Gasteiger partial charge in [0.2, 0.25) is 0 Å². The largest absolute Gasteiger partial charge is 0.467 e. The first-order valence-electron chi connectivity index (χ1n) is 7.45. The molecule has 1 aromatic carbocycles. The minimum absolute atomic E-state index is 0.188. The molecule has 2 rings (SSSR count). The summed E-state index contributed by atoms with van der Waals surface area (Å²) in [5, 5.41) is 11.5. The zero-order chi connectivity index (χ0) is 17.5. The number of benzene rings is 1. The highest BCUT2D eigenvalue weighted by Crippen LogP contribution is 2.33. The van der Waals surface area contributed by atoms with Crippen LogP contribution in [0.1, 0.15) is 18.1 Å². The van der Waals surface area contributed by atoms with Crippen LogP contribution in [0.2, 0.25) is 0 Å². The van der Waals surface area contributed by atoms with Gasteiger partial charge in [-0.25, -0.2) is 0 Å². The molecule has 0 spiro atoms. The fraction of sp³-hybridized carbons (Fsp3) is 0.294. The molecule has 24 heavy (non-hydrogen) atoms. The van der Waals surface area contributed by atoms with Gasteiger partial charge in [-0.1, -0.05) is 6.07 Å². The van der Waals surface area contributed by atoms with E-state index in [0.717, 1.165) is 31.6 Å². The van der Waals surface area contributed by atoms with Crippen LogP contribution >= 0.6 is 31.9 Å². The summed E-state index contributed by atoms with van der Waals surface area (Å²) in [5.74, 6) is 1.43. The standard InChI is InChI=1S/C17H19Br2N3O2/c1-4-23-10-24-14-8-12(9-15(18)19)5-6-13(14)17-11(2)7-16(20-3)21-22-17/h5-9H,4,10H2,1-3H3,(H,20,21). The zero-order valence-corrected chi connectivity index (χ0v) is 16.9. The Morgan fingerprint density at radius 2 is 2.04 bits per heavy atom. The van der Waals surface area contributed by atoms with Gasteiger partial charge in [0.1, 0.15) is 11.6 Å². The van der Waals surface area contributed by atoms with E-state index in [9.17, 15) is 0 Å². The molecule has 0 fully saturated rings. The quantitative estimate of drug-likeness (QED) is 0.471. The molecule has 0 unspecified atom stereocenters. The summed E-state index contributed by atoms with van der Waals surface area (Å²) in [6.07, 6.45) is 1.94. The average Bonchev–Trinajstić information content (AvgIpc) is 2.55. The fourth-order valence-corrected chi connectivity index (χ4v) is 2.66. The Morgan fingerprint density at radius 3 is 2.67 bits per heavy atom. The molecule has 0 saturated heterocycles. The molecule has 7 heteroatoms. The minimum Gasteiger partial charge on any atom is -0.467 e. The lowest BCUT2D eigenvalue weighted by Crippen LogP contribution is -2.05. The Balaban J connectivity index is 2.45. The molecule has 128 valence electrons. The van der Waals surface area contributed by atoms with Crippen LogP contribution < -0.4 is 10.1 Å². The summed E-state index contributed by atoms with van der Waals surface area (Å²) in [7, 11) is 1.82. The lowest BCUT2D eigenvalue weighted by atomic mass is 10.0. The van der Waals surface area contributed by atoms with Crippen LogP contribution in [-0.4, -0.2) is 30.6 Å². The summed E-state index contributed by atoms with van der Waals surface area (Å²) in [6.45, 7) is 4.71. The first kappa shape index (κ1) is 18.9. The SMILES string of the molecule is CCOCOc1cc(C=C(Br)Br)ccc1-c1nnc(NC)cc1C. The Morgan fingerprint density at radius 1 is 1.25 bits per heavy atom. The van der Waals surface area contributed by atoms with E-state index in [2.05, 4.69) is 47.4 Å². The number of nitrogens with zero attached hydrogens (tertiary/aromatic N) is 2. The second-order valence-electron chi connectivity index (χ2n) is 4.96. The van der Waals surface area contributed by atoms with E-state index >= 15 is 0 Å². The van der Waals surface area contributed by atoms with Crippen molar-refractivity contribution in [2.24, 2.45) is 0 Å². The van der Waals surface area contributed by atoms with Crippen LogP contribution in [0.15, 0.2) is 27.7 Å². The van der Waals surface area contributed by atoms with Crippen LogP contribution in [-0.2, 0) is 4.74 Å². The van der Waals surface area contributed by atoms with E-state index in [1.807, 2.05) is 51.2 Å². The van der Waals surface area contributed by atoms with Crippen LogP contribution in [0.4, 0.5) is 5.82 Å². The van der Waals surface area contributed by atoms with Gasteiger partial charge in [0.15, 0.2) is 6.79 Å². The van der Waals surface area contributed by atoms with E-state index in [4.69, 9.17) is 9.47 Å².